The normalized spacial score (nSPS) is 16.4. The zero-order chi connectivity index (χ0) is 14.5. The number of halogens is 1. The van der Waals surface area contributed by atoms with Crippen molar-refractivity contribution in [2.75, 3.05) is 13.1 Å². The Morgan fingerprint density at radius 2 is 2.10 bits per heavy atom. The van der Waals surface area contributed by atoms with Gasteiger partial charge >= 0.3 is 0 Å². The average molecular weight is 276 g/mol. The zero-order valence-corrected chi connectivity index (χ0v) is 11.4. The number of nitrogens with zero attached hydrogens (tertiary/aromatic N) is 2. The van der Waals surface area contributed by atoms with Gasteiger partial charge < -0.3 is 9.64 Å². The third-order valence-electron chi connectivity index (χ3n) is 3.39. The zero-order valence-electron chi connectivity index (χ0n) is 11.4. The molecule has 1 aliphatic rings. The lowest BCUT2D eigenvalue weighted by Crippen LogP contribution is -2.43. The molecule has 106 valence electrons. The summed E-state index contributed by atoms with van der Waals surface area (Å²) in [4.78, 5) is 14.0. The van der Waals surface area contributed by atoms with Gasteiger partial charge in [-0.3, -0.25) is 4.79 Å². The number of nitriles is 1. The molecule has 0 radical (unpaired) electrons. The summed E-state index contributed by atoms with van der Waals surface area (Å²) >= 11 is 0. The Labute approximate surface area is 117 Å². The second kappa shape index (κ2) is 6.38. The van der Waals surface area contributed by atoms with Crippen LogP contribution in [0.2, 0.25) is 0 Å². The van der Waals surface area contributed by atoms with Gasteiger partial charge in [0.1, 0.15) is 17.6 Å². The van der Waals surface area contributed by atoms with Crippen molar-refractivity contribution in [3.63, 3.8) is 0 Å². The maximum atomic E-state index is 13.5. The minimum atomic E-state index is -0.652. The summed E-state index contributed by atoms with van der Waals surface area (Å²) in [7, 11) is 0. The molecule has 0 bridgehead atoms. The third kappa shape index (κ3) is 3.27. The summed E-state index contributed by atoms with van der Waals surface area (Å²) < 4.78 is 18.9. The van der Waals surface area contributed by atoms with Gasteiger partial charge in [-0.2, -0.15) is 5.26 Å². The summed E-state index contributed by atoms with van der Waals surface area (Å²) in [6, 6.07) is 5.73. The predicted octanol–water partition coefficient (Wildman–Crippen LogP) is 2.48. The van der Waals surface area contributed by atoms with Crippen LogP contribution in [-0.4, -0.2) is 30.0 Å². The van der Waals surface area contributed by atoms with Crippen LogP contribution < -0.4 is 4.74 Å². The smallest absolute Gasteiger partial charge is 0.263 e. The van der Waals surface area contributed by atoms with E-state index in [0.29, 0.717) is 0 Å². The lowest BCUT2D eigenvalue weighted by molar-refractivity contribution is -0.138. The van der Waals surface area contributed by atoms with Crippen molar-refractivity contribution >= 4 is 5.91 Å². The molecule has 2 rings (SSSR count). The molecule has 0 spiro atoms. The highest BCUT2D eigenvalue weighted by Crippen LogP contribution is 2.18. The van der Waals surface area contributed by atoms with Gasteiger partial charge in [0.25, 0.3) is 5.91 Å². The van der Waals surface area contributed by atoms with Crippen molar-refractivity contribution in [1.29, 1.82) is 5.26 Å². The average Bonchev–Trinajstić information content (AvgIpc) is 2.47. The molecular formula is C15H17FN2O2. The van der Waals surface area contributed by atoms with Gasteiger partial charge in [0.15, 0.2) is 6.10 Å². The highest BCUT2D eigenvalue weighted by atomic mass is 19.1. The minimum Gasteiger partial charge on any atom is -0.481 e. The van der Waals surface area contributed by atoms with Crippen LogP contribution in [0.15, 0.2) is 18.2 Å². The highest BCUT2D eigenvalue weighted by molar-refractivity contribution is 5.81. The van der Waals surface area contributed by atoms with E-state index < -0.39 is 11.9 Å². The Bertz CT molecular complexity index is 533. The van der Waals surface area contributed by atoms with E-state index in [9.17, 15) is 9.18 Å². The van der Waals surface area contributed by atoms with Gasteiger partial charge in [-0.1, -0.05) is 0 Å². The number of benzene rings is 1. The van der Waals surface area contributed by atoms with Crippen LogP contribution in [-0.2, 0) is 4.79 Å². The first-order valence-electron chi connectivity index (χ1n) is 6.77. The molecule has 0 aromatic heterocycles. The number of amides is 1. The van der Waals surface area contributed by atoms with Crippen LogP contribution in [0.5, 0.6) is 5.75 Å². The molecule has 5 heteroatoms. The van der Waals surface area contributed by atoms with E-state index in [1.807, 2.05) is 0 Å². The molecule has 1 heterocycles. The van der Waals surface area contributed by atoms with Crippen molar-refractivity contribution in [2.45, 2.75) is 32.3 Å². The number of ether oxygens (including phenoxy) is 1. The van der Waals surface area contributed by atoms with Crippen LogP contribution in [0.1, 0.15) is 31.7 Å². The largest absolute Gasteiger partial charge is 0.481 e. The molecule has 0 aliphatic carbocycles. The molecule has 1 aromatic rings. The molecule has 1 fully saturated rings. The van der Waals surface area contributed by atoms with Gasteiger partial charge in [0.2, 0.25) is 0 Å². The molecule has 20 heavy (non-hydrogen) atoms. The first-order valence-corrected chi connectivity index (χ1v) is 6.77. The van der Waals surface area contributed by atoms with Crippen LogP contribution in [0.4, 0.5) is 4.39 Å². The van der Waals surface area contributed by atoms with Gasteiger partial charge in [0, 0.05) is 19.2 Å². The minimum absolute atomic E-state index is 0.0349. The van der Waals surface area contributed by atoms with Crippen LogP contribution >= 0.6 is 0 Å². The van der Waals surface area contributed by atoms with E-state index in [1.165, 1.54) is 12.1 Å². The molecule has 1 aliphatic heterocycles. The number of piperidine rings is 1. The molecule has 1 amide bonds. The van der Waals surface area contributed by atoms with Crippen molar-refractivity contribution in [3.8, 4) is 11.8 Å². The topological polar surface area (TPSA) is 53.3 Å². The SMILES string of the molecule is CC(Oc1ccc(C#N)c(F)c1)C(=O)N1CCCCC1. The quantitative estimate of drug-likeness (QED) is 0.852. The lowest BCUT2D eigenvalue weighted by Gasteiger charge is -2.29. The number of hydrogen-bond donors (Lipinski definition) is 0. The fraction of sp³-hybridized carbons (Fsp3) is 0.467. The summed E-state index contributed by atoms with van der Waals surface area (Å²) in [5.41, 5.74) is -0.0349. The second-order valence-electron chi connectivity index (χ2n) is 4.90. The van der Waals surface area contributed by atoms with Crippen molar-refractivity contribution in [3.05, 3.63) is 29.6 Å². The number of likely N-dealkylation sites (tertiary alicyclic amines) is 1. The van der Waals surface area contributed by atoms with E-state index in [2.05, 4.69) is 0 Å². The molecule has 1 atom stereocenters. The van der Waals surface area contributed by atoms with Gasteiger partial charge in [0.05, 0.1) is 5.56 Å². The van der Waals surface area contributed by atoms with E-state index in [4.69, 9.17) is 10.00 Å². The number of carbonyl (C=O) groups excluding carboxylic acids is 1. The number of rotatable bonds is 3. The van der Waals surface area contributed by atoms with E-state index in [0.717, 1.165) is 38.4 Å². The van der Waals surface area contributed by atoms with Gasteiger partial charge in [-0.25, -0.2) is 4.39 Å². The van der Waals surface area contributed by atoms with Crippen LogP contribution in [0.25, 0.3) is 0 Å². The highest BCUT2D eigenvalue weighted by Gasteiger charge is 2.23. The van der Waals surface area contributed by atoms with Gasteiger partial charge in [-0.15, -0.1) is 0 Å². The molecule has 1 saturated heterocycles. The molecule has 1 unspecified atom stereocenters. The summed E-state index contributed by atoms with van der Waals surface area (Å²) in [6.45, 7) is 3.18. The molecule has 1 aromatic carbocycles. The standard InChI is InChI=1S/C15H17FN2O2/c1-11(15(19)18-7-3-2-4-8-18)20-13-6-5-12(10-17)14(16)9-13/h5-6,9,11H,2-4,7-8H2,1H3. The fourth-order valence-electron chi connectivity index (χ4n) is 2.29. The second-order valence-corrected chi connectivity index (χ2v) is 4.90. The summed E-state index contributed by atoms with van der Waals surface area (Å²) in [6.07, 6.45) is 2.54. The summed E-state index contributed by atoms with van der Waals surface area (Å²) in [5, 5.41) is 8.66. The Morgan fingerprint density at radius 1 is 1.40 bits per heavy atom. The molecule has 0 saturated carbocycles. The Balaban J connectivity index is 2.00. The van der Waals surface area contributed by atoms with Gasteiger partial charge in [-0.05, 0) is 38.3 Å². The maximum absolute atomic E-state index is 13.5. The number of carbonyl (C=O) groups is 1. The lowest BCUT2D eigenvalue weighted by atomic mass is 10.1. The Morgan fingerprint density at radius 3 is 2.70 bits per heavy atom. The van der Waals surface area contributed by atoms with Crippen LogP contribution in [0, 0.1) is 17.1 Å². The van der Waals surface area contributed by atoms with E-state index in [1.54, 1.807) is 17.9 Å². The van der Waals surface area contributed by atoms with E-state index in [-0.39, 0.29) is 17.2 Å². The van der Waals surface area contributed by atoms with Crippen molar-refractivity contribution < 1.29 is 13.9 Å². The first-order chi connectivity index (χ1) is 9.61. The summed E-state index contributed by atoms with van der Waals surface area (Å²) in [5.74, 6) is -0.448. The third-order valence-corrected chi connectivity index (χ3v) is 3.39. The Hall–Kier alpha value is -2.09. The predicted molar refractivity (Wildman–Crippen MR) is 71.6 cm³/mol. The molecular weight excluding hydrogens is 259 g/mol. The maximum Gasteiger partial charge on any atom is 0.263 e. The monoisotopic (exact) mass is 276 g/mol. The molecule has 0 N–H and O–H groups in total. The Kier molecular flexibility index (Phi) is 4.57. The van der Waals surface area contributed by atoms with Crippen molar-refractivity contribution in [2.24, 2.45) is 0 Å². The van der Waals surface area contributed by atoms with E-state index >= 15 is 0 Å². The first kappa shape index (κ1) is 14.3. The molecule has 4 nitrogen and oxygen atoms in total. The van der Waals surface area contributed by atoms with Crippen molar-refractivity contribution in [1.82, 2.24) is 4.90 Å². The number of hydrogen-bond acceptors (Lipinski definition) is 3. The van der Waals surface area contributed by atoms with Crippen LogP contribution in [0.3, 0.4) is 0 Å². The fourth-order valence-corrected chi connectivity index (χ4v) is 2.29.